The molecule has 0 fully saturated rings. The zero-order chi connectivity index (χ0) is 34.1. The monoisotopic (exact) mass is 655 g/mol. The van der Waals surface area contributed by atoms with Gasteiger partial charge in [0.05, 0.1) is 6.54 Å². The van der Waals surface area contributed by atoms with Gasteiger partial charge in [0.25, 0.3) is 0 Å². The Morgan fingerprint density at radius 3 is 1.92 bits per heavy atom. The first-order valence-electron chi connectivity index (χ1n) is 17.2. The Morgan fingerprint density at radius 2 is 1.14 bits per heavy atom. The molecule has 0 saturated heterocycles. The number of furan rings is 1. The van der Waals surface area contributed by atoms with Crippen molar-refractivity contribution in [1.29, 1.82) is 0 Å². The van der Waals surface area contributed by atoms with Gasteiger partial charge in [-0.25, -0.2) is 4.99 Å². The molecule has 0 atom stereocenters. The molecule has 4 nitrogen and oxygen atoms in total. The topological polar surface area (TPSA) is 63.9 Å². The minimum atomic E-state index is 0.375. The molecule has 51 heavy (non-hydrogen) atoms. The van der Waals surface area contributed by atoms with E-state index in [1.165, 1.54) is 21.5 Å². The number of fused-ring (bicyclic) bond motifs is 6. The van der Waals surface area contributed by atoms with Crippen LogP contribution in [0.4, 0.5) is 0 Å². The molecule has 0 aliphatic heterocycles. The molecule has 242 valence electrons. The van der Waals surface area contributed by atoms with Crippen molar-refractivity contribution in [3.8, 4) is 22.3 Å². The number of rotatable bonds is 6. The van der Waals surface area contributed by atoms with Gasteiger partial charge in [0.15, 0.2) is 5.84 Å². The van der Waals surface area contributed by atoms with E-state index in [4.69, 9.17) is 20.1 Å². The minimum absolute atomic E-state index is 0.375. The van der Waals surface area contributed by atoms with Gasteiger partial charge in [0.1, 0.15) is 17.0 Å². The molecule has 1 aromatic heterocycles. The fourth-order valence-corrected chi connectivity index (χ4v) is 7.14. The minimum Gasteiger partial charge on any atom is -0.456 e. The number of nitrogens with two attached hydrogens (primary N) is 1. The van der Waals surface area contributed by atoms with Crippen LogP contribution in [0.1, 0.15) is 16.7 Å². The lowest BCUT2D eigenvalue weighted by molar-refractivity contribution is 0.669. The summed E-state index contributed by atoms with van der Waals surface area (Å²) in [6.07, 6.45) is 0. The fourth-order valence-electron chi connectivity index (χ4n) is 7.14. The highest BCUT2D eigenvalue weighted by molar-refractivity contribution is 6.25. The number of nitrogens with zero attached hydrogens (tertiary/aromatic N) is 2. The van der Waals surface area contributed by atoms with Crippen LogP contribution in [0.5, 0.6) is 0 Å². The largest absolute Gasteiger partial charge is 0.456 e. The van der Waals surface area contributed by atoms with Gasteiger partial charge in [-0.15, -0.1) is 0 Å². The van der Waals surface area contributed by atoms with E-state index in [9.17, 15) is 0 Å². The van der Waals surface area contributed by atoms with Crippen molar-refractivity contribution in [1.82, 2.24) is 0 Å². The highest BCUT2D eigenvalue weighted by Gasteiger charge is 2.19. The Kier molecular flexibility index (Phi) is 7.67. The maximum atomic E-state index is 7.02. The van der Waals surface area contributed by atoms with Gasteiger partial charge in [-0.2, -0.15) is 0 Å². The predicted molar refractivity (Wildman–Crippen MR) is 213 cm³/mol. The van der Waals surface area contributed by atoms with E-state index >= 15 is 0 Å². The predicted octanol–water partition coefficient (Wildman–Crippen LogP) is 11.6. The van der Waals surface area contributed by atoms with Crippen LogP contribution in [-0.4, -0.2) is 11.7 Å². The first-order chi connectivity index (χ1) is 25.2. The van der Waals surface area contributed by atoms with Gasteiger partial charge in [0, 0.05) is 21.9 Å². The van der Waals surface area contributed by atoms with Crippen molar-refractivity contribution < 1.29 is 4.42 Å². The summed E-state index contributed by atoms with van der Waals surface area (Å²) in [5.41, 5.74) is 15.9. The SMILES string of the molecule is N/C(=N\C(=N/Cc1ccccc1)c1ccc(-c2ccccc2)cc1)c1cccc2oc3cccc(-c4cc5ccccc5c5ccccc45)c3c12. The van der Waals surface area contributed by atoms with Gasteiger partial charge in [-0.05, 0) is 67.6 Å². The summed E-state index contributed by atoms with van der Waals surface area (Å²) in [5.74, 6) is 0.946. The van der Waals surface area contributed by atoms with E-state index in [1.54, 1.807) is 0 Å². The number of amidine groups is 2. The normalized spacial score (nSPS) is 12.3. The highest BCUT2D eigenvalue weighted by atomic mass is 16.3. The molecule has 4 heteroatoms. The summed E-state index contributed by atoms with van der Waals surface area (Å²) >= 11 is 0. The molecule has 0 bridgehead atoms. The Bertz CT molecular complexity index is 2760. The van der Waals surface area contributed by atoms with Crippen molar-refractivity contribution >= 4 is 55.2 Å². The molecule has 0 spiro atoms. The summed E-state index contributed by atoms with van der Waals surface area (Å²) in [4.78, 5) is 10.1. The Labute approximate surface area is 295 Å². The van der Waals surface area contributed by atoms with Crippen LogP contribution in [-0.2, 0) is 6.54 Å². The summed E-state index contributed by atoms with van der Waals surface area (Å²) in [7, 11) is 0. The third kappa shape index (κ3) is 5.63. The summed E-state index contributed by atoms with van der Waals surface area (Å²) < 4.78 is 6.51. The number of hydrogen-bond donors (Lipinski definition) is 1. The van der Waals surface area contributed by atoms with Gasteiger partial charge in [-0.3, -0.25) is 4.99 Å². The molecular weight excluding hydrogens is 623 g/mol. The zero-order valence-corrected chi connectivity index (χ0v) is 27.8. The van der Waals surface area contributed by atoms with Crippen LogP contribution in [0.2, 0.25) is 0 Å². The average Bonchev–Trinajstić information content (AvgIpc) is 3.59. The third-order valence-electron chi connectivity index (χ3n) is 9.59. The molecular formula is C47H33N3O. The van der Waals surface area contributed by atoms with Crippen LogP contribution >= 0.6 is 0 Å². The maximum absolute atomic E-state index is 7.02. The lowest BCUT2D eigenvalue weighted by Gasteiger charge is -2.13. The quantitative estimate of drug-likeness (QED) is 0.110. The van der Waals surface area contributed by atoms with Crippen molar-refractivity contribution in [2.45, 2.75) is 6.54 Å². The first kappa shape index (κ1) is 30.3. The van der Waals surface area contributed by atoms with E-state index in [1.807, 2.05) is 48.5 Å². The standard InChI is InChI=1S/C47H33N3O/c48-46(50-47(49-30-31-13-3-1-4-14-31)34-27-25-33(26-28-34)32-15-5-2-6-16-32)40-22-12-24-43-45(40)44-39(21-11-23-42(44)51-43)41-29-35-17-7-8-18-36(35)37-19-9-10-20-38(37)41/h1-29H,30H2,(H2,48,49,50). The van der Waals surface area contributed by atoms with Crippen LogP contribution in [0.3, 0.4) is 0 Å². The molecule has 0 aliphatic carbocycles. The average molecular weight is 656 g/mol. The lowest BCUT2D eigenvalue weighted by atomic mass is 9.90. The van der Waals surface area contributed by atoms with Gasteiger partial charge in [0.2, 0.25) is 0 Å². The molecule has 2 N–H and O–H groups in total. The molecule has 9 rings (SSSR count). The summed E-state index contributed by atoms with van der Waals surface area (Å²) in [5, 5.41) is 6.77. The van der Waals surface area contributed by atoms with Crippen molar-refractivity contribution in [2.24, 2.45) is 15.7 Å². The molecule has 0 radical (unpaired) electrons. The second-order valence-corrected chi connectivity index (χ2v) is 12.7. The fraction of sp³-hybridized carbons (Fsp3) is 0.0213. The van der Waals surface area contributed by atoms with E-state index < -0.39 is 0 Å². The lowest BCUT2D eigenvalue weighted by Crippen LogP contribution is -2.17. The molecule has 0 amide bonds. The zero-order valence-electron chi connectivity index (χ0n) is 27.8. The summed E-state index contributed by atoms with van der Waals surface area (Å²) in [6, 6.07) is 60.7. The third-order valence-corrected chi connectivity index (χ3v) is 9.59. The van der Waals surface area contributed by atoms with Crippen LogP contribution in [0.15, 0.2) is 190 Å². The molecule has 1 heterocycles. The van der Waals surface area contributed by atoms with Gasteiger partial charge >= 0.3 is 0 Å². The smallest absolute Gasteiger partial charge is 0.157 e. The van der Waals surface area contributed by atoms with E-state index in [0.717, 1.165) is 60.9 Å². The molecule has 8 aromatic carbocycles. The number of hydrogen-bond acceptors (Lipinski definition) is 2. The Hall–Kier alpha value is -6.78. The molecule has 0 aliphatic rings. The van der Waals surface area contributed by atoms with E-state index in [0.29, 0.717) is 18.2 Å². The van der Waals surface area contributed by atoms with Crippen molar-refractivity contribution in [2.75, 3.05) is 0 Å². The summed E-state index contributed by atoms with van der Waals surface area (Å²) in [6.45, 7) is 0.478. The maximum Gasteiger partial charge on any atom is 0.157 e. The number of aliphatic imine (C=N–C) groups is 2. The van der Waals surface area contributed by atoms with Gasteiger partial charge in [-0.1, -0.05) is 158 Å². The van der Waals surface area contributed by atoms with E-state index in [-0.39, 0.29) is 0 Å². The Morgan fingerprint density at radius 1 is 0.510 bits per heavy atom. The molecule has 0 unspecified atom stereocenters. The van der Waals surface area contributed by atoms with Crippen LogP contribution in [0, 0.1) is 0 Å². The van der Waals surface area contributed by atoms with E-state index in [2.05, 4.69) is 127 Å². The van der Waals surface area contributed by atoms with Crippen LogP contribution < -0.4 is 5.73 Å². The second kappa shape index (κ2) is 12.9. The number of benzene rings is 8. The van der Waals surface area contributed by atoms with Crippen LogP contribution in [0.25, 0.3) is 65.7 Å². The Balaban J connectivity index is 1.22. The first-order valence-corrected chi connectivity index (χ1v) is 17.2. The van der Waals surface area contributed by atoms with Crippen molar-refractivity contribution in [3.05, 3.63) is 193 Å². The molecule has 0 saturated carbocycles. The second-order valence-electron chi connectivity index (χ2n) is 12.7. The van der Waals surface area contributed by atoms with Crippen molar-refractivity contribution in [3.63, 3.8) is 0 Å². The van der Waals surface area contributed by atoms with Gasteiger partial charge < -0.3 is 10.2 Å². The molecule has 9 aromatic rings. The highest BCUT2D eigenvalue weighted by Crippen LogP contribution is 2.42.